The van der Waals surface area contributed by atoms with E-state index in [1.54, 1.807) is 28.4 Å². The van der Waals surface area contributed by atoms with Crippen molar-refractivity contribution in [2.45, 2.75) is 10.8 Å². The Balaban J connectivity index is 1.38. The summed E-state index contributed by atoms with van der Waals surface area (Å²) in [6.45, 7) is 0.894. The van der Waals surface area contributed by atoms with Crippen LogP contribution in [0.3, 0.4) is 0 Å². The fourth-order valence-corrected chi connectivity index (χ4v) is 7.47. The van der Waals surface area contributed by atoms with Crippen LogP contribution in [0.4, 0.5) is 0 Å². The Morgan fingerprint density at radius 3 is 0.920 bits per heavy atom. The van der Waals surface area contributed by atoms with Gasteiger partial charge in [-0.15, -0.1) is 0 Å². The number of rotatable bonds is 8. The lowest BCUT2D eigenvalue weighted by Gasteiger charge is -2.36. The first-order chi connectivity index (χ1) is 24.5. The van der Waals surface area contributed by atoms with Crippen LogP contribution < -0.4 is 38.9 Å². The van der Waals surface area contributed by atoms with Crippen molar-refractivity contribution >= 4 is 22.9 Å². The van der Waals surface area contributed by atoms with E-state index in [9.17, 15) is 0 Å². The molecular weight excluding hydrogens is 624 g/mol. The molecule has 0 saturated carbocycles. The second-order valence-electron chi connectivity index (χ2n) is 12.8. The summed E-state index contributed by atoms with van der Waals surface area (Å²) in [6, 6.07) is 41.6. The SMILES string of the molecule is COc1ccc(C2(c3ccc(OC)cc3)C=c3c(ccc4c5c(ccc34)OCC(c3ccc(OC)cc3)(c3ccc(OC)cc3)C=5)OC2)cc1. The maximum absolute atomic E-state index is 6.68. The lowest BCUT2D eigenvalue weighted by molar-refractivity contribution is 0.265. The van der Waals surface area contributed by atoms with E-state index in [1.807, 2.05) is 48.5 Å². The van der Waals surface area contributed by atoms with Crippen LogP contribution in [-0.2, 0) is 10.8 Å². The van der Waals surface area contributed by atoms with Gasteiger partial charge in [0.2, 0.25) is 0 Å². The minimum Gasteiger partial charge on any atom is -0.497 e. The quantitative estimate of drug-likeness (QED) is 0.172. The molecule has 0 aromatic heterocycles. The average Bonchev–Trinajstić information content (AvgIpc) is 3.20. The van der Waals surface area contributed by atoms with E-state index in [4.69, 9.17) is 28.4 Å². The average molecular weight is 663 g/mol. The van der Waals surface area contributed by atoms with E-state index in [0.717, 1.165) is 78.0 Å². The number of hydrogen-bond donors (Lipinski definition) is 0. The lowest BCUT2D eigenvalue weighted by atomic mass is 9.72. The maximum Gasteiger partial charge on any atom is 0.126 e. The Labute approximate surface area is 291 Å². The topological polar surface area (TPSA) is 55.4 Å². The van der Waals surface area contributed by atoms with Crippen LogP contribution in [0.25, 0.3) is 22.9 Å². The zero-order valence-electron chi connectivity index (χ0n) is 28.6. The molecule has 0 N–H and O–H groups in total. The first-order valence-electron chi connectivity index (χ1n) is 16.7. The highest BCUT2D eigenvalue weighted by Crippen LogP contribution is 2.41. The van der Waals surface area contributed by atoms with Gasteiger partial charge in [-0.1, -0.05) is 60.7 Å². The summed E-state index contributed by atoms with van der Waals surface area (Å²) >= 11 is 0. The highest BCUT2D eigenvalue weighted by molar-refractivity contribution is 5.90. The molecule has 2 heterocycles. The summed E-state index contributed by atoms with van der Waals surface area (Å²) in [6.07, 6.45) is 4.74. The monoisotopic (exact) mass is 662 g/mol. The van der Waals surface area contributed by atoms with Gasteiger partial charge < -0.3 is 28.4 Å². The molecule has 0 unspecified atom stereocenters. The largest absolute Gasteiger partial charge is 0.497 e. The molecule has 0 aliphatic carbocycles. The van der Waals surface area contributed by atoms with Gasteiger partial charge in [0.1, 0.15) is 47.7 Å². The van der Waals surface area contributed by atoms with Crippen molar-refractivity contribution < 1.29 is 28.4 Å². The Kier molecular flexibility index (Phi) is 7.87. The van der Waals surface area contributed by atoms with Crippen LogP contribution in [0.5, 0.6) is 34.5 Å². The van der Waals surface area contributed by atoms with Crippen LogP contribution >= 0.6 is 0 Å². The van der Waals surface area contributed by atoms with E-state index >= 15 is 0 Å². The molecule has 0 fully saturated rings. The van der Waals surface area contributed by atoms with Crippen LogP contribution in [-0.4, -0.2) is 41.7 Å². The molecule has 0 atom stereocenters. The van der Waals surface area contributed by atoms with Crippen LogP contribution in [0.1, 0.15) is 22.3 Å². The molecule has 2 aliphatic rings. The molecule has 0 amide bonds. The fourth-order valence-electron chi connectivity index (χ4n) is 7.47. The van der Waals surface area contributed by atoms with Crippen molar-refractivity contribution in [2.75, 3.05) is 41.7 Å². The first-order valence-corrected chi connectivity index (χ1v) is 16.7. The van der Waals surface area contributed by atoms with Crippen molar-refractivity contribution in [2.24, 2.45) is 0 Å². The van der Waals surface area contributed by atoms with E-state index in [2.05, 4.69) is 84.9 Å². The van der Waals surface area contributed by atoms with E-state index in [0.29, 0.717) is 13.2 Å². The summed E-state index contributed by atoms with van der Waals surface area (Å²) in [7, 11) is 6.75. The number of methoxy groups -OCH3 is 4. The minimum atomic E-state index is -0.564. The normalized spacial score (nSPS) is 15.2. The van der Waals surface area contributed by atoms with Crippen molar-refractivity contribution in [3.63, 3.8) is 0 Å². The molecule has 0 radical (unpaired) electrons. The molecule has 8 rings (SSSR count). The number of hydrogen-bond acceptors (Lipinski definition) is 6. The fraction of sp³-hybridized carbons (Fsp3) is 0.182. The van der Waals surface area contributed by atoms with E-state index < -0.39 is 10.8 Å². The summed E-state index contributed by atoms with van der Waals surface area (Å²) in [5, 5.41) is 4.27. The van der Waals surface area contributed by atoms with Gasteiger partial charge in [0.05, 0.1) is 39.3 Å². The molecule has 6 aromatic carbocycles. The standard InChI is InChI=1S/C44H38O6/c1-45-33-13-5-29(6-14-33)43(30-7-15-34(46-2)16-8-30)25-39-37-21-24-42-40(38(37)22-23-41(39)49-27-43)26-44(28-50-42,31-9-17-35(47-3)18-10-31)32-11-19-36(48-4)20-12-32/h5-26H,27-28H2,1-4H3. The van der Waals surface area contributed by atoms with Crippen LogP contribution in [0.2, 0.25) is 0 Å². The van der Waals surface area contributed by atoms with Crippen LogP contribution in [0.15, 0.2) is 121 Å². The van der Waals surface area contributed by atoms with Crippen molar-refractivity contribution in [3.8, 4) is 34.5 Å². The molecular formula is C44H38O6. The van der Waals surface area contributed by atoms with Gasteiger partial charge in [-0.3, -0.25) is 0 Å². The molecule has 0 spiro atoms. The van der Waals surface area contributed by atoms with Gasteiger partial charge in [-0.05, 0) is 106 Å². The third-order valence-corrected chi connectivity index (χ3v) is 10.3. The van der Waals surface area contributed by atoms with Gasteiger partial charge in [-0.2, -0.15) is 0 Å². The molecule has 6 heteroatoms. The van der Waals surface area contributed by atoms with Gasteiger partial charge in [0.25, 0.3) is 0 Å². The predicted octanol–water partition coefficient (Wildman–Crippen LogP) is 7.19. The van der Waals surface area contributed by atoms with Crippen molar-refractivity contribution in [1.29, 1.82) is 0 Å². The molecule has 0 saturated heterocycles. The molecule has 250 valence electrons. The van der Waals surface area contributed by atoms with Gasteiger partial charge in [0, 0.05) is 10.4 Å². The lowest BCUT2D eigenvalue weighted by Crippen LogP contribution is -2.40. The first kappa shape index (κ1) is 31.4. The third-order valence-electron chi connectivity index (χ3n) is 10.3. The summed E-state index contributed by atoms with van der Waals surface area (Å²) in [4.78, 5) is 0. The zero-order chi connectivity index (χ0) is 34.3. The van der Waals surface area contributed by atoms with Crippen LogP contribution in [0, 0.1) is 0 Å². The van der Waals surface area contributed by atoms with Crippen molar-refractivity contribution in [3.05, 3.63) is 154 Å². The summed E-state index contributed by atoms with van der Waals surface area (Å²) < 4.78 is 35.4. The highest BCUT2D eigenvalue weighted by Gasteiger charge is 2.38. The van der Waals surface area contributed by atoms with Gasteiger partial charge >= 0.3 is 0 Å². The van der Waals surface area contributed by atoms with Crippen molar-refractivity contribution in [1.82, 2.24) is 0 Å². The Hall–Kier alpha value is -5.88. The van der Waals surface area contributed by atoms with Gasteiger partial charge in [-0.25, -0.2) is 0 Å². The second-order valence-corrected chi connectivity index (χ2v) is 12.8. The second kappa shape index (κ2) is 12.5. The molecule has 50 heavy (non-hydrogen) atoms. The number of benzene rings is 6. The van der Waals surface area contributed by atoms with E-state index in [-0.39, 0.29) is 0 Å². The number of fused-ring (bicyclic) bond motifs is 5. The zero-order valence-corrected chi connectivity index (χ0v) is 28.6. The number of ether oxygens (including phenoxy) is 6. The Bertz CT molecular complexity index is 2030. The highest BCUT2D eigenvalue weighted by atomic mass is 16.5. The smallest absolute Gasteiger partial charge is 0.126 e. The summed E-state index contributed by atoms with van der Waals surface area (Å²) in [5.74, 6) is 4.93. The predicted molar refractivity (Wildman–Crippen MR) is 197 cm³/mol. The Morgan fingerprint density at radius 1 is 0.380 bits per heavy atom. The molecule has 2 aliphatic heterocycles. The molecule has 6 nitrogen and oxygen atoms in total. The molecule has 0 bridgehead atoms. The Morgan fingerprint density at radius 2 is 0.660 bits per heavy atom. The molecule has 6 aromatic rings. The minimum absolute atomic E-state index is 0.447. The summed E-state index contributed by atoms with van der Waals surface area (Å²) in [5.41, 5.74) is 3.31. The van der Waals surface area contributed by atoms with Gasteiger partial charge in [0.15, 0.2) is 0 Å². The third kappa shape index (κ3) is 5.10. The maximum atomic E-state index is 6.68. The van der Waals surface area contributed by atoms with E-state index in [1.165, 1.54) is 0 Å².